The number of carbonyl (C=O) groups is 1. The van der Waals surface area contributed by atoms with Crippen LogP contribution in [0.2, 0.25) is 0 Å². The number of aryl methyl sites for hydroxylation is 1. The van der Waals surface area contributed by atoms with Crippen LogP contribution >= 0.6 is 0 Å². The van der Waals surface area contributed by atoms with E-state index in [-0.39, 0.29) is 18.3 Å². The van der Waals surface area contributed by atoms with E-state index in [9.17, 15) is 9.90 Å². The molecule has 0 aliphatic carbocycles. The van der Waals surface area contributed by atoms with E-state index in [0.29, 0.717) is 5.69 Å². The van der Waals surface area contributed by atoms with E-state index in [4.69, 9.17) is 4.74 Å². The zero-order valence-corrected chi connectivity index (χ0v) is 11.6. The summed E-state index contributed by atoms with van der Waals surface area (Å²) < 4.78 is 7.06. The third kappa shape index (κ3) is 2.60. The van der Waals surface area contributed by atoms with Crippen molar-refractivity contribution >= 4 is 16.9 Å². The highest BCUT2D eigenvalue weighted by Gasteiger charge is 2.15. The smallest absolute Gasteiger partial charge is 0.355 e. The third-order valence-electron chi connectivity index (χ3n) is 3.45. The van der Waals surface area contributed by atoms with Crippen molar-refractivity contribution < 1.29 is 14.6 Å². The number of benzene rings is 2. The topological polar surface area (TPSA) is 51.5 Å². The van der Waals surface area contributed by atoms with E-state index in [0.717, 1.165) is 16.5 Å². The van der Waals surface area contributed by atoms with Gasteiger partial charge in [-0.25, -0.2) is 4.79 Å². The van der Waals surface area contributed by atoms with Gasteiger partial charge in [0.15, 0.2) is 0 Å². The Balaban J connectivity index is 1.83. The number of carbonyl (C=O) groups excluding carboxylic acids is 1. The first-order chi connectivity index (χ1) is 10.1. The molecule has 1 aromatic heterocycles. The Kier molecular flexibility index (Phi) is 3.36. The lowest BCUT2D eigenvalue weighted by Crippen LogP contribution is -2.09. The second-order valence-corrected chi connectivity index (χ2v) is 4.89. The molecule has 0 amide bonds. The minimum absolute atomic E-state index is 0.174. The van der Waals surface area contributed by atoms with Crippen LogP contribution in [0.4, 0.5) is 0 Å². The lowest BCUT2D eigenvalue weighted by Gasteiger charge is -2.06. The predicted molar refractivity (Wildman–Crippen MR) is 80.1 cm³/mol. The molecule has 0 fully saturated rings. The Hall–Kier alpha value is -2.75. The molecule has 1 N–H and O–H groups in total. The molecule has 0 aliphatic heterocycles. The highest BCUT2D eigenvalue weighted by Crippen LogP contribution is 2.23. The maximum Gasteiger partial charge on any atom is 0.355 e. The van der Waals surface area contributed by atoms with Gasteiger partial charge in [0, 0.05) is 18.5 Å². The van der Waals surface area contributed by atoms with Crippen molar-refractivity contribution in [3.8, 4) is 5.75 Å². The molecular weight excluding hydrogens is 266 g/mol. The van der Waals surface area contributed by atoms with E-state index in [1.54, 1.807) is 35.9 Å². The summed E-state index contributed by atoms with van der Waals surface area (Å²) in [6.45, 7) is 0.243. The molecule has 0 saturated carbocycles. The van der Waals surface area contributed by atoms with Crippen molar-refractivity contribution in [2.45, 2.75) is 6.61 Å². The van der Waals surface area contributed by atoms with Crippen LogP contribution in [0.3, 0.4) is 0 Å². The predicted octanol–water partition coefficient (Wildman–Crippen LogP) is 3.24. The van der Waals surface area contributed by atoms with Crippen LogP contribution < -0.4 is 0 Å². The van der Waals surface area contributed by atoms with Gasteiger partial charge in [0.25, 0.3) is 0 Å². The largest absolute Gasteiger partial charge is 0.508 e. The molecule has 4 heteroatoms. The number of rotatable bonds is 3. The Morgan fingerprint density at radius 3 is 2.67 bits per heavy atom. The number of hydrogen-bond acceptors (Lipinski definition) is 3. The fraction of sp³-hybridized carbons (Fsp3) is 0.118. The van der Waals surface area contributed by atoms with Gasteiger partial charge < -0.3 is 14.4 Å². The minimum Gasteiger partial charge on any atom is -0.508 e. The van der Waals surface area contributed by atoms with Crippen molar-refractivity contribution in [3.63, 3.8) is 0 Å². The first kappa shape index (κ1) is 13.2. The number of ether oxygens (including phenoxy) is 1. The Morgan fingerprint density at radius 1 is 1.14 bits per heavy atom. The van der Waals surface area contributed by atoms with Gasteiger partial charge in [0.05, 0.1) is 5.52 Å². The Bertz CT molecular complexity index is 790. The van der Waals surface area contributed by atoms with Gasteiger partial charge >= 0.3 is 5.97 Å². The van der Waals surface area contributed by atoms with Gasteiger partial charge in [-0.2, -0.15) is 0 Å². The van der Waals surface area contributed by atoms with E-state index in [1.807, 2.05) is 30.3 Å². The van der Waals surface area contributed by atoms with Crippen LogP contribution in [0.5, 0.6) is 5.75 Å². The summed E-state index contributed by atoms with van der Waals surface area (Å²) in [7, 11) is 1.78. The molecule has 0 atom stereocenters. The summed E-state index contributed by atoms with van der Waals surface area (Å²) in [5, 5.41) is 10.4. The first-order valence-electron chi connectivity index (χ1n) is 6.64. The summed E-state index contributed by atoms with van der Waals surface area (Å²) in [6.07, 6.45) is 0. The van der Waals surface area contributed by atoms with Crippen LogP contribution in [-0.2, 0) is 18.4 Å². The Labute approximate surface area is 122 Å². The van der Waals surface area contributed by atoms with Gasteiger partial charge in [-0.15, -0.1) is 0 Å². The highest BCUT2D eigenvalue weighted by atomic mass is 16.5. The number of phenols is 1. The number of aromatic nitrogens is 1. The molecule has 0 radical (unpaired) electrons. The fourth-order valence-corrected chi connectivity index (χ4v) is 2.31. The maximum atomic E-state index is 12.2. The first-order valence-corrected chi connectivity index (χ1v) is 6.64. The lowest BCUT2D eigenvalue weighted by molar-refractivity contribution is 0.0462. The Morgan fingerprint density at radius 2 is 1.90 bits per heavy atom. The molecule has 0 unspecified atom stereocenters. The minimum atomic E-state index is -0.378. The van der Waals surface area contributed by atoms with E-state index in [1.165, 1.54) is 0 Å². The standard InChI is InChI=1S/C17H15NO3/c1-18-15-10-14(19)8-7-13(15)9-16(18)17(20)21-11-12-5-3-2-4-6-12/h2-10,19H,11H2,1H3. The van der Waals surface area contributed by atoms with E-state index < -0.39 is 0 Å². The second kappa shape index (κ2) is 5.32. The van der Waals surface area contributed by atoms with Crippen LogP contribution in [0.25, 0.3) is 10.9 Å². The van der Waals surface area contributed by atoms with Crippen molar-refractivity contribution in [2.75, 3.05) is 0 Å². The molecule has 0 aliphatic rings. The molecule has 0 spiro atoms. The van der Waals surface area contributed by atoms with E-state index in [2.05, 4.69) is 0 Å². The molecule has 1 heterocycles. The van der Waals surface area contributed by atoms with Crippen LogP contribution in [-0.4, -0.2) is 15.6 Å². The summed E-state index contributed by atoms with van der Waals surface area (Å²) in [6, 6.07) is 16.3. The number of fused-ring (bicyclic) bond motifs is 1. The van der Waals surface area contributed by atoms with Crippen molar-refractivity contribution in [3.05, 3.63) is 65.9 Å². The zero-order chi connectivity index (χ0) is 14.8. The zero-order valence-electron chi connectivity index (χ0n) is 11.6. The highest BCUT2D eigenvalue weighted by molar-refractivity contribution is 5.95. The van der Waals surface area contributed by atoms with Crippen LogP contribution in [0.1, 0.15) is 16.1 Å². The SMILES string of the molecule is Cn1c(C(=O)OCc2ccccc2)cc2ccc(O)cc21. The molecule has 106 valence electrons. The van der Waals surface area contributed by atoms with Crippen LogP contribution in [0.15, 0.2) is 54.6 Å². The van der Waals surface area contributed by atoms with Crippen molar-refractivity contribution in [1.29, 1.82) is 0 Å². The number of esters is 1. The summed E-state index contributed by atoms with van der Waals surface area (Å²) in [4.78, 5) is 12.2. The monoisotopic (exact) mass is 281 g/mol. The molecule has 2 aromatic carbocycles. The molecule has 21 heavy (non-hydrogen) atoms. The summed E-state index contributed by atoms with van der Waals surface area (Å²) >= 11 is 0. The van der Waals surface area contributed by atoms with Gasteiger partial charge in [-0.05, 0) is 23.8 Å². The number of hydrogen-bond donors (Lipinski definition) is 1. The third-order valence-corrected chi connectivity index (χ3v) is 3.45. The number of aromatic hydroxyl groups is 1. The molecule has 0 saturated heterocycles. The van der Waals surface area contributed by atoms with Crippen molar-refractivity contribution in [1.82, 2.24) is 4.57 Å². The van der Waals surface area contributed by atoms with Crippen LogP contribution in [0, 0.1) is 0 Å². The summed E-state index contributed by atoms with van der Waals surface area (Å²) in [5.74, 6) is -0.204. The maximum absolute atomic E-state index is 12.2. The van der Waals surface area contributed by atoms with Gasteiger partial charge in [-0.1, -0.05) is 30.3 Å². The van der Waals surface area contributed by atoms with Crippen molar-refractivity contribution in [2.24, 2.45) is 7.05 Å². The van der Waals surface area contributed by atoms with Gasteiger partial charge in [0.1, 0.15) is 18.1 Å². The quantitative estimate of drug-likeness (QED) is 0.750. The normalized spacial score (nSPS) is 10.7. The number of phenolic OH excluding ortho intramolecular Hbond substituents is 1. The average Bonchev–Trinajstić information content (AvgIpc) is 2.83. The average molecular weight is 281 g/mol. The molecule has 0 bridgehead atoms. The molecule has 4 nitrogen and oxygen atoms in total. The molecular formula is C17H15NO3. The summed E-state index contributed by atoms with van der Waals surface area (Å²) in [5.41, 5.74) is 2.20. The van der Waals surface area contributed by atoms with Gasteiger partial charge in [0.2, 0.25) is 0 Å². The lowest BCUT2D eigenvalue weighted by atomic mass is 10.2. The molecule has 3 aromatic rings. The number of nitrogens with zero attached hydrogens (tertiary/aromatic N) is 1. The van der Waals surface area contributed by atoms with E-state index >= 15 is 0 Å². The molecule has 3 rings (SSSR count). The fourth-order valence-electron chi connectivity index (χ4n) is 2.31. The van der Waals surface area contributed by atoms with Gasteiger partial charge in [-0.3, -0.25) is 0 Å². The second-order valence-electron chi connectivity index (χ2n) is 4.89.